The van der Waals surface area contributed by atoms with Crippen LogP contribution in [0.2, 0.25) is 0 Å². The summed E-state index contributed by atoms with van der Waals surface area (Å²) in [6.07, 6.45) is 0. The standard InChI is InChI=1S/C20H34N2O/c1-19(2,3)17-8-7-9-18(16-17)22-12-10-21(11-13-22)14-15-23-20(4,5)6/h7-9,16H,10-15H2,1-6H3. The monoisotopic (exact) mass is 318 g/mol. The SMILES string of the molecule is CC(C)(C)OCCN1CCN(c2cccc(C(C)(C)C)c2)CC1. The van der Waals surface area contributed by atoms with E-state index in [-0.39, 0.29) is 11.0 Å². The third-order valence-corrected chi connectivity index (χ3v) is 4.39. The maximum absolute atomic E-state index is 5.84. The minimum absolute atomic E-state index is 0.0325. The number of nitrogens with zero attached hydrogens (tertiary/aromatic N) is 2. The summed E-state index contributed by atoms with van der Waals surface area (Å²) in [6, 6.07) is 9.04. The molecule has 3 nitrogen and oxygen atoms in total. The highest BCUT2D eigenvalue weighted by atomic mass is 16.5. The van der Waals surface area contributed by atoms with Crippen LogP contribution in [-0.4, -0.2) is 49.8 Å². The molecule has 1 aromatic carbocycles. The smallest absolute Gasteiger partial charge is 0.0600 e. The molecule has 2 rings (SSSR count). The first-order valence-electron chi connectivity index (χ1n) is 8.87. The second-order valence-electron chi connectivity index (χ2n) is 8.59. The van der Waals surface area contributed by atoms with Gasteiger partial charge in [0.05, 0.1) is 12.2 Å². The lowest BCUT2D eigenvalue weighted by Gasteiger charge is -2.37. The molecule has 130 valence electrons. The fraction of sp³-hybridized carbons (Fsp3) is 0.700. The Morgan fingerprint density at radius 1 is 0.957 bits per heavy atom. The van der Waals surface area contributed by atoms with Crippen LogP contribution >= 0.6 is 0 Å². The van der Waals surface area contributed by atoms with Crippen LogP contribution < -0.4 is 4.90 Å². The Hall–Kier alpha value is -1.06. The van der Waals surface area contributed by atoms with Crippen LogP contribution in [0.1, 0.15) is 47.1 Å². The Kier molecular flexibility index (Phi) is 5.74. The molecule has 0 spiro atoms. The van der Waals surface area contributed by atoms with Gasteiger partial charge in [0.1, 0.15) is 0 Å². The van der Waals surface area contributed by atoms with E-state index in [0.717, 1.165) is 39.3 Å². The predicted octanol–water partition coefficient (Wildman–Crippen LogP) is 3.92. The molecule has 0 amide bonds. The van der Waals surface area contributed by atoms with Gasteiger partial charge in [-0.05, 0) is 43.9 Å². The second-order valence-corrected chi connectivity index (χ2v) is 8.59. The van der Waals surface area contributed by atoms with Crippen LogP contribution in [0, 0.1) is 0 Å². The molecular formula is C20H34N2O. The van der Waals surface area contributed by atoms with Crippen LogP contribution in [0.4, 0.5) is 5.69 Å². The van der Waals surface area contributed by atoms with Crippen molar-refractivity contribution in [2.45, 2.75) is 52.6 Å². The second kappa shape index (κ2) is 7.23. The molecule has 1 saturated heterocycles. The lowest BCUT2D eigenvalue weighted by atomic mass is 9.87. The minimum Gasteiger partial charge on any atom is -0.375 e. The van der Waals surface area contributed by atoms with Crippen LogP contribution in [0.15, 0.2) is 24.3 Å². The number of rotatable bonds is 4. The molecule has 1 aliphatic heterocycles. The molecule has 0 unspecified atom stereocenters. The fourth-order valence-corrected chi connectivity index (χ4v) is 2.88. The van der Waals surface area contributed by atoms with Crippen molar-refractivity contribution in [1.82, 2.24) is 4.90 Å². The first-order chi connectivity index (χ1) is 10.6. The Labute approximate surface area is 142 Å². The molecule has 0 radical (unpaired) electrons. The number of anilines is 1. The summed E-state index contributed by atoms with van der Waals surface area (Å²) in [6.45, 7) is 19.5. The van der Waals surface area contributed by atoms with Gasteiger partial charge in [-0.2, -0.15) is 0 Å². The van der Waals surface area contributed by atoms with E-state index in [1.165, 1.54) is 11.3 Å². The van der Waals surface area contributed by atoms with Crippen molar-refractivity contribution in [3.8, 4) is 0 Å². The third-order valence-electron chi connectivity index (χ3n) is 4.39. The van der Waals surface area contributed by atoms with E-state index < -0.39 is 0 Å². The molecule has 1 aliphatic rings. The Bertz CT molecular complexity index is 491. The highest BCUT2D eigenvalue weighted by Gasteiger charge is 2.20. The maximum atomic E-state index is 5.84. The van der Waals surface area contributed by atoms with Crippen LogP contribution in [0.5, 0.6) is 0 Å². The van der Waals surface area contributed by atoms with Crippen LogP contribution in [0.3, 0.4) is 0 Å². The van der Waals surface area contributed by atoms with E-state index in [9.17, 15) is 0 Å². The van der Waals surface area contributed by atoms with E-state index in [1.807, 2.05) is 0 Å². The Balaban J connectivity index is 1.85. The Morgan fingerprint density at radius 2 is 1.61 bits per heavy atom. The summed E-state index contributed by atoms with van der Waals surface area (Å²) in [7, 11) is 0. The molecule has 1 heterocycles. The van der Waals surface area contributed by atoms with Gasteiger partial charge in [0, 0.05) is 38.4 Å². The molecule has 1 aromatic rings. The van der Waals surface area contributed by atoms with Crippen LogP contribution in [-0.2, 0) is 10.2 Å². The van der Waals surface area contributed by atoms with E-state index in [4.69, 9.17) is 4.74 Å². The van der Waals surface area contributed by atoms with Gasteiger partial charge in [-0.15, -0.1) is 0 Å². The van der Waals surface area contributed by atoms with Crippen LogP contribution in [0.25, 0.3) is 0 Å². The van der Waals surface area contributed by atoms with Gasteiger partial charge in [0.2, 0.25) is 0 Å². The zero-order valence-electron chi connectivity index (χ0n) is 15.9. The molecule has 0 bridgehead atoms. The third kappa shape index (κ3) is 5.82. The van der Waals surface area contributed by atoms with Gasteiger partial charge in [-0.3, -0.25) is 4.90 Å². The van der Waals surface area contributed by atoms with Gasteiger partial charge in [-0.1, -0.05) is 32.9 Å². The molecule has 0 saturated carbocycles. The van der Waals surface area contributed by atoms with E-state index in [2.05, 4.69) is 75.6 Å². The number of hydrogen-bond acceptors (Lipinski definition) is 3. The summed E-state index contributed by atoms with van der Waals surface area (Å²) in [5.74, 6) is 0. The molecule has 3 heteroatoms. The van der Waals surface area contributed by atoms with E-state index in [1.54, 1.807) is 0 Å². The summed E-state index contributed by atoms with van der Waals surface area (Å²) in [4.78, 5) is 5.02. The fourth-order valence-electron chi connectivity index (χ4n) is 2.88. The van der Waals surface area contributed by atoms with Crippen molar-refractivity contribution in [1.29, 1.82) is 0 Å². The van der Waals surface area contributed by atoms with Gasteiger partial charge in [0.15, 0.2) is 0 Å². The molecule has 0 N–H and O–H groups in total. The van der Waals surface area contributed by atoms with Crippen molar-refractivity contribution < 1.29 is 4.74 Å². The lowest BCUT2D eigenvalue weighted by molar-refractivity contribution is -0.0135. The van der Waals surface area contributed by atoms with Crippen molar-refractivity contribution >= 4 is 5.69 Å². The molecule has 1 fully saturated rings. The van der Waals surface area contributed by atoms with Gasteiger partial charge < -0.3 is 9.64 Å². The predicted molar refractivity (Wildman–Crippen MR) is 99.5 cm³/mol. The number of ether oxygens (including phenoxy) is 1. The quantitative estimate of drug-likeness (QED) is 0.837. The van der Waals surface area contributed by atoms with Gasteiger partial charge in [0.25, 0.3) is 0 Å². The summed E-state index contributed by atoms with van der Waals surface area (Å²) >= 11 is 0. The Morgan fingerprint density at radius 3 is 2.17 bits per heavy atom. The highest BCUT2D eigenvalue weighted by molar-refractivity contribution is 5.50. The summed E-state index contributed by atoms with van der Waals surface area (Å²) in [5.41, 5.74) is 2.95. The average Bonchev–Trinajstić information content (AvgIpc) is 2.46. The number of hydrogen-bond donors (Lipinski definition) is 0. The first-order valence-corrected chi connectivity index (χ1v) is 8.87. The zero-order valence-corrected chi connectivity index (χ0v) is 15.9. The zero-order chi connectivity index (χ0) is 17.1. The van der Waals surface area contributed by atoms with Crippen molar-refractivity contribution in [3.63, 3.8) is 0 Å². The normalized spacial score (nSPS) is 17.6. The average molecular weight is 319 g/mol. The molecule has 23 heavy (non-hydrogen) atoms. The van der Waals surface area contributed by atoms with Crippen molar-refractivity contribution in [3.05, 3.63) is 29.8 Å². The van der Waals surface area contributed by atoms with E-state index >= 15 is 0 Å². The van der Waals surface area contributed by atoms with Gasteiger partial charge in [-0.25, -0.2) is 0 Å². The number of piperazine rings is 1. The lowest BCUT2D eigenvalue weighted by Crippen LogP contribution is -2.47. The van der Waals surface area contributed by atoms with Crippen molar-refractivity contribution in [2.24, 2.45) is 0 Å². The number of benzene rings is 1. The summed E-state index contributed by atoms with van der Waals surface area (Å²) < 4.78 is 5.84. The first kappa shape index (κ1) is 18.3. The molecule has 0 atom stereocenters. The molecule has 0 aliphatic carbocycles. The minimum atomic E-state index is -0.0325. The highest BCUT2D eigenvalue weighted by Crippen LogP contribution is 2.26. The van der Waals surface area contributed by atoms with Gasteiger partial charge >= 0.3 is 0 Å². The summed E-state index contributed by atoms with van der Waals surface area (Å²) in [5, 5.41) is 0. The maximum Gasteiger partial charge on any atom is 0.0600 e. The van der Waals surface area contributed by atoms with Crippen molar-refractivity contribution in [2.75, 3.05) is 44.2 Å². The molecular weight excluding hydrogens is 284 g/mol. The largest absolute Gasteiger partial charge is 0.375 e. The topological polar surface area (TPSA) is 15.7 Å². The molecule has 0 aromatic heterocycles. The van der Waals surface area contributed by atoms with E-state index in [0.29, 0.717) is 0 Å².